The summed E-state index contributed by atoms with van der Waals surface area (Å²) >= 11 is 6.33. The average molecular weight is 328 g/mol. The van der Waals surface area contributed by atoms with Crippen LogP contribution in [0.1, 0.15) is 39.0 Å². The van der Waals surface area contributed by atoms with Gasteiger partial charge in [0, 0.05) is 17.5 Å². The minimum atomic E-state index is -3.20. The number of alkyl halides is 1. The molecule has 1 aromatic rings. The van der Waals surface area contributed by atoms with Gasteiger partial charge in [-0.2, -0.15) is 0 Å². The fourth-order valence-corrected chi connectivity index (χ4v) is 5.76. The number of nitrogens with zero attached hydrogens (tertiary/aromatic N) is 1. The summed E-state index contributed by atoms with van der Waals surface area (Å²) in [6.07, 6.45) is 4.81. The van der Waals surface area contributed by atoms with Gasteiger partial charge in [0.2, 0.25) is 0 Å². The minimum absolute atomic E-state index is 0.214. The van der Waals surface area contributed by atoms with E-state index in [-0.39, 0.29) is 11.1 Å². The van der Waals surface area contributed by atoms with Crippen LogP contribution in [0.4, 0.5) is 5.69 Å². The zero-order valence-corrected chi connectivity index (χ0v) is 13.9. The van der Waals surface area contributed by atoms with Crippen molar-refractivity contribution >= 4 is 27.1 Å². The molecule has 0 N–H and O–H groups in total. The Bertz CT molecular complexity index is 602. The maximum atomic E-state index is 12.5. The molecule has 3 nitrogen and oxygen atoms in total. The van der Waals surface area contributed by atoms with E-state index >= 15 is 0 Å². The molecular weight excluding hydrogens is 306 g/mol. The van der Waals surface area contributed by atoms with E-state index in [0.29, 0.717) is 23.4 Å². The Hall–Kier alpha value is -0.740. The number of anilines is 1. The van der Waals surface area contributed by atoms with Gasteiger partial charge in [0.25, 0.3) is 0 Å². The molecule has 0 amide bonds. The molecule has 0 saturated carbocycles. The molecule has 2 fully saturated rings. The summed E-state index contributed by atoms with van der Waals surface area (Å²) in [6, 6.07) is 8.26. The molecule has 21 heavy (non-hydrogen) atoms. The quantitative estimate of drug-likeness (QED) is 0.793. The molecule has 2 aliphatic heterocycles. The third-order valence-corrected chi connectivity index (χ3v) is 6.94. The number of sulfone groups is 1. The van der Waals surface area contributed by atoms with E-state index < -0.39 is 9.84 Å². The topological polar surface area (TPSA) is 37.4 Å². The van der Waals surface area contributed by atoms with Crippen molar-refractivity contribution in [3.63, 3.8) is 0 Å². The normalized spacial score (nSPS) is 28.9. The average Bonchev–Trinajstić information content (AvgIpc) is 2.71. The summed E-state index contributed by atoms with van der Waals surface area (Å²) in [5, 5.41) is 0.234. The molecule has 0 aliphatic carbocycles. The summed E-state index contributed by atoms with van der Waals surface area (Å²) in [5.41, 5.74) is 0.891. The van der Waals surface area contributed by atoms with Crippen LogP contribution in [0, 0.1) is 0 Å². The second kappa shape index (κ2) is 5.81. The lowest BCUT2D eigenvalue weighted by Crippen LogP contribution is -2.44. The Morgan fingerprint density at radius 3 is 2.43 bits per heavy atom. The molecule has 5 heteroatoms. The highest BCUT2D eigenvalue weighted by molar-refractivity contribution is 7.91. The Labute approximate surface area is 132 Å². The van der Waals surface area contributed by atoms with Crippen molar-refractivity contribution in [2.45, 2.75) is 61.4 Å². The van der Waals surface area contributed by atoms with Gasteiger partial charge in [-0.15, -0.1) is 11.6 Å². The fourth-order valence-electron chi connectivity index (χ4n) is 3.82. The number of para-hydroxylation sites is 1. The molecule has 2 unspecified atom stereocenters. The summed E-state index contributed by atoms with van der Waals surface area (Å²) in [4.78, 5) is 2.83. The van der Waals surface area contributed by atoms with Crippen LogP contribution in [0.3, 0.4) is 0 Å². The highest BCUT2D eigenvalue weighted by atomic mass is 35.5. The van der Waals surface area contributed by atoms with Crippen molar-refractivity contribution < 1.29 is 8.42 Å². The molecular formula is C16H22ClNO2S. The standard InChI is InChI=1S/C16H22ClNO2S/c1-2-9-21(19,20)16-6-4-3-5-15(16)18-13-7-8-14(18)11-12(17)10-13/h3-6,12-14H,2,7-11H2,1H3. The van der Waals surface area contributed by atoms with Gasteiger partial charge >= 0.3 is 0 Å². The first-order valence-electron chi connectivity index (χ1n) is 7.77. The van der Waals surface area contributed by atoms with Crippen molar-refractivity contribution in [1.29, 1.82) is 0 Å². The molecule has 116 valence electrons. The molecule has 3 rings (SSSR count). The largest absolute Gasteiger partial charge is 0.364 e. The zero-order chi connectivity index (χ0) is 15.0. The Kier molecular flexibility index (Phi) is 4.19. The summed E-state index contributed by atoms with van der Waals surface area (Å²) in [6.45, 7) is 1.91. The number of rotatable bonds is 4. The molecule has 0 aromatic heterocycles. The lowest BCUT2D eigenvalue weighted by Gasteiger charge is -2.39. The van der Waals surface area contributed by atoms with Gasteiger partial charge < -0.3 is 4.90 Å². The third kappa shape index (κ3) is 2.80. The zero-order valence-electron chi connectivity index (χ0n) is 12.3. The molecule has 2 aliphatic rings. The first kappa shape index (κ1) is 15.2. The number of hydrogen-bond acceptors (Lipinski definition) is 3. The highest BCUT2D eigenvalue weighted by Crippen LogP contribution is 2.43. The SMILES string of the molecule is CCCS(=O)(=O)c1ccccc1N1C2CCC1CC(Cl)C2. The van der Waals surface area contributed by atoms with Crippen molar-refractivity contribution in [3.8, 4) is 0 Å². The first-order chi connectivity index (χ1) is 10.0. The fraction of sp³-hybridized carbons (Fsp3) is 0.625. The van der Waals surface area contributed by atoms with Gasteiger partial charge in [0.05, 0.1) is 16.3 Å². The monoisotopic (exact) mass is 327 g/mol. The molecule has 0 spiro atoms. The Morgan fingerprint density at radius 2 is 1.81 bits per heavy atom. The van der Waals surface area contributed by atoms with Crippen LogP contribution in [0.5, 0.6) is 0 Å². The van der Waals surface area contributed by atoms with Gasteiger partial charge in [-0.25, -0.2) is 8.42 Å². The second-order valence-corrected chi connectivity index (χ2v) is 8.84. The number of halogens is 1. The van der Waals surface area contributed by atoms with Crippen LogP contribution in [-0.4, -0.2) is 31.6 Å². The molecule has 2 saturated heterocycles. The van der Waals surface area contributed by atoms with E-state index in [1.807, 2.05) is 25.1 Å². The number of piperidine rings is 1. The van der Waals surface area contributed by atoms with Gasteiger partial charge in [-0.3, -0.25) is 0 Å². The number of hydrogen-bond donors (Lipinski definition) is 0. The molecule has 2 atom stereocenters. The third-order valence-electron chi connectivity index (χ3n) is 4.63. The Balaban J connectivity index is 2.01. The van der Waals surface area contributed by atoms with E-state index in [2.05, 4.69) is 4.90 Å². The van der Waals surface area contributed by atoms with Crippen molar-refractivity contribution in [2.75, 3.05) is 10.7 Å². The lowest BCUT2D eigenvalue weighted by atomic mass is 10.0. The second-order valence-electron chi connectivity index (χ2n) is 6.15. The van der Waals surface area contributed by atoms with Gasteiger partial charge in [0.1, 0.15) is 0 Å². The predicted molar refractivity (Wildman–Crippen MR) is 86.9 cm³/mol. The van der Waals surface area contributed by atoms with Crippen LogP contribution in [0.2, 0.25) is 0 Å². The number of benzene rings is 1. The summed E-state index contributed by atoms with van der Waals surface area (Å²) in [7, 11) is -3.20. The van der Waals surface area contributed by atoms with E-state index in [1.165, 1.54) is 0 Å². The predicted octanol–water partition coefficient (Wildman–Crippen LogP) is 3.61. The van der Waals surface area contributed by atoms with E-state index in [4.69, 9.17) is 11.6 Å². The lowest BCUT2D eigenvalue weighted by molar-refractivity contribution is 0.471. The van der Waals surface area contributed by atoms with E-state index in [9.17, 15) is 8.42 Å². The maximum absolute atomic E-state index is 12.5. The smallest absolute Gasteiger partial charge is 0.180 e. The van der Waals surface area contributed by atoms with Crippen molar-refractivity contribution in [1.82, 2.24) is 0 Å². The van der Waals surface area contributed by atoms with Gasteiger partial charge in [-0.1, -0.05) is 19.1 Å². The number of fused-ring (bicyclic) bond motifs is 2. The van der Waals surface area contributed by atoms with Crippen molar-refractivity contribution in [3.05, 3.63) is 24.3 Å². The van der Waals surface area contributed by atoms with Crippen LogP contribution in [0.15, 0.2) is 29.2 Å². The molecule has 2 bridgehead atoms. The maximum Gasteiger partial charge on any atom is 0.180 e. The highest BCUT2D eigenvalue weighted by Gasteiger charge is 2.41. The van der Waals surface area contributed by atoms with Crippen LogP contribution < -0.4 is 4.90 Å². The van der Waals surface area contributed by atoms with Crippen LogP contribution >= 0.6 is 11.6 Å². The summed E-state index contributed by atoms with van der Waals surface area (Å²) in [5.74, 6) is 0.214. The van der Waals surface area contributed by atoms with Crippen molar-refractivity contribution in [2.24, 2.45) is 0 Å². The van der Waals surface area contributed by atoms with E-state index in [0.717, 1.165) is 31.4 Å². The first-order valence-corrected chi connectivity index (χ1v) is 9.86. The van der Waals surface area contributed by atoms with Gasteiger partial charge in [0.15, 0.2) is 9.84 Å². The summed E-state index contributed by atoms with van der Waals surface area (Å²) < 4.78 is 25.1. The Morgan fingerprint density at radius 1 is 1.19 bits per heavy atom. The molecule has 0 radical (unpaired) electrons. The van der Waals surface area contributed by atoms with E-state index in [1.54, 1.807) is 6.07 Å². The molecule has 2 heterocycles. The minimum Gasteiger partial charge on any atom is -0.364 e. The van der Waals surface area contributed by atoms with Crippen LogP contribution in [-0.2, 0) is 9.84 Å². The van der Waals surface area contributed by atoms with Gasteiger partial charge in [-0.05, 0) is 44.2 Å². The van der Waals surface area contributed by atoms with Crippen LogP contribution in [0.25, 0.3) is 0 Å². The molecule has 1 aromatic carbocycles.